The summed E-state index contributed by atoms with van der Waals surface area (Å²) < 4.78 is 35.8. The maximum Gasteiger partial charge on any atom is 0.390 e. The molecule has 0 aliphatic heterocycles. The zero-order valence-corrected chi connectivity index (χ0v) is 8.81. The van der Waals surface area contributed by atoms with Crippen molar-refractivity contribution in [3.8, 4) is 0 Å². The van der Waals surface area contributed by atoms with E-state index in [1.807, 2.05) is 0 Å². The molecule has 15 heavy (non-hydrogen) atoms. The third kappa shape index (κ3) is 4.38. The minimum Gasteiger partial charge on any atom is -0.359 e. The second-order valence-corrected chi connectivity index (χ2v) is 3.56. The molecule has 0 unspecified atom stereocenters. The average molecular weight is 239 g/mol. The standard InChI is InChI=1S/C9H10ClF3N2/c1-15(5-4-9(11,12)13)8-3-2-7(10)6-14-8/h2-3,6H,4-5H2,1H3. The maximum absolute atomic E-state index is 11.9. The lowest BCUT2D eigenvalue weighted by atomic mass is 10.3. The monoisotopic (exact) mass is 238 g/mol. The molecule has 1 rings (SSSR count). The maximum atomic E-state index is 11.9. The number of pyridine rings is 1. The topological polar surface area (TPSA) is 16.1 Å². The molecule has 2 nitrogen and oxygen atoms in total. The second-order valence-electron chi connectivity index (χ2n) is 3.12. The van der Waals surface area contributed by atoms with Crippen LogP contribution in [0.3, 0.4) is 0 Å². The summed E-state index contributed by atoms with van der Waals surface area (Å²) in [5.74, 6) is 0.476. The van der Waals surface area contributed by atoms with Crippen molar-refractivity contribution < 1.29 is 13.2 Å². The van der Waals surface area contributed by atoms with Crippen molar-refractivity contribution in [1.82, 2.24) is 4.98 Å². The molecular formula is C9H10ClF3N2. The Bertz CT molecular complexity index is 310. The van der Waals surface area contributed by atoms with Gasteiger partial charge in [0.05, 0.1) is 11.4 Å². The van der Waals surface area contributed by atoms with Crippen LogP contribution in [0.15, 0.2) is 18.3 Å². The van der Waals surface area contributed by atoms with Crippen molar-refractivity contribution in [2.75, 3.05) is 18.5 Å². The van der Waals surface area contributed by atoms with Crippen molar-refractivity contribution >= 4 is 17.4 Å². The Kier molecular flexibility index (Phi) is 3.79. The summed E-state index contributed by atoms with van der Waals surface area (Å²) in [7, 11) is 1.56. The first kappa shape index (κ1) is 12.1. The molecule has 0 atom stereocenters. The summed E-state index contributed by atoms with van der Waals surface area (Å²) in [5.41, 5.74) is 0. The number of halogens is 4. The molecule has 0 spiro atoms. The minimum atomic E-state index is -4.14. The molecular weight excluding hydrogens is 229 g/mol. The Hall–Kier alpha value is -0.970. The van der Waals surface area contributed by atoms with Gasteiger partial charge in [-0.05, 0) is 12.1 Å². The molecule has 0 amide bonds. The summed E-state index contributed by atoms with van der Waals surface area (Å²) >= 11 is 5.60. The molecule has 6 heteroatoms. The van der Waals surface area contributed by atoms with Crippen molar-refractivity contribution in [3.05, 3.63) is 23.4 Å². The molecule has 0 aliphatic rings. The van der Waals surface area contributed by atoms with Gasteiger partial charge in [-0.25, -0.2) is 4.98 Å². The van der Waals surface area contributed by atoms with Crippen LogP contribution in [0.1, 0.15) is 6.42 Å². The highest BCUT2D eigenvalue weighted by molar-refractivity contribution is 6.30. The quantitative estimate of drug-likeness (QED) is 0.804. The van der Waals surface area contributed by atoms with E-state index in [4.69, 9.17) is 11.6 Å². The van der Waals surface area contributed by atoms with Gasteiger partial charge in [0, 0.05) is 19.8 Å². The van der Waals surface area contributed by atoms with E-state index in [9.17, 15) is 13.2 Å². The largest absolute Gasteiger partial charge is 0.390 e. The summed E-state index contributed by atoms with van der Waals surface area (Å²) in [6.07, 6.45) is -3.59. The first-order valence-corrected chi connectivity index (χ1v) is 4.66. The fourth-order valence-corrected chi connectivity index (χ4v) is 1.11. The summed E-state index contributed by atoms with van der Waals surface area (Å²) in [6, 6.07) is 3.17. The van der Waals surface area contributed by atoms with E-state index < -0.39 is 12.6 Å². The summed E-state index contributed by atoms with van der Waals surface area (Å²) in [5, 5.41) is 0.461. The van der Waals surface area contributed by atoms with Gasteiger partial charge < -0.3 is 4.90 Å². The molecule has 1 aromatic rings. The third-order valence-corrected chi connectivity index (χ3v) is 2.06. The lowest BCUT2D eigenvalue weighted by molar-refractivity contribution is -0.132. The van der Waals surface area contributed by atoms with Crippen molar-refractivity contribution in [2.45, 2.75) is 12.6 Å². The second kappa shape index (κ2) is 4.70. The number of hydrogen-bond donors (Lipinski definition) is 0. The van der Waals surface area contributed by atoms with Crippen LogP contribution in [0.2, 0.25) is 5.02 Å². The summed E-state index contributed by atoms with van der Waals surface area (Å²) in [6.45, 7) is -0.113. The van der Waals surface area contributed by atoms with Crippen LogP contribution in [0.4, 0.5) is 19.0 Å². The van der Waals surface area contributed by atoms with E-state index >= 15 is 0 Å². The molecule has 0 saturated heterocycles. The van der Waals surface area contributed by atoms with Gasteiger partial charge in [-0.2, -0.15) is 13.2 Å². The van der Waals surface area contributed by atoms with Crippen molar-refractivity contribution in [1.29, 1.82) is 0 Å². The molecule has 0 saturated carbocycles. The smallest absolute Gasteiger partial charge is 0.359 e. The molecule has 1 heterocycles. The van der Waals surface area contributed by atoms with Crippen molar-refractivity contribution in [2.24, 2.45) is 0 Å². The Morgan fingerprint density at radius 2 is 2.07 bits per heavy atom. The predicted molar refractivity (Wildman–Crippen MR) is 53.2 cm³/mol. The fourth-order valence-electron chi connectivity index (χ4n) is 1.00. The Balaban J connectivity index is 2.54. The Morgan fingerprint density at radius 1 is 1.40 bits per heavy atom. The first-order chi connectivity index (χ1) is 6.88. The zero-order valence-electron chi connectivity index (χ0n) is 8.05. The van der Waals surface area contributed by atoms with Crippen LogP contribution < -0.4 is 4.90 Å². The van der Waals surface area contributed by atoms with Gasteiger partial charge in [0.25, 0.3) is 0 Å². The van der Waals surface area contributed by atoms with Gasteiger partial charge in [0.1, 0.15) is 5.82 Å². The highest BCUT2D eigenvalue weighted by Crippen LogP contribution is 2.21. The van der Waals surface area contributed by atoms with E-state index in [-0.39, 0.29) is 6.54 Å². The average Bonchev–Trinajstić information content (AvgIpc) is 2.14. The van der Waals surface area contributed by atoms with Gasteiger partial charge >= 0.3 is 6.18 Å². The molecule has 0 aliphatic carbocycles. The lowest BCUT2D eigenvalue weighted by Crippen LogP contribution is -2.24. The number of aromatic nitrogens is 1. The number of alkyl halides is 3. The number of hydrogen-bond acceptors (Lipinski definition) is 2. The Morgan fingerprint density at radius 3 is 2.53 bits per heavy atom. The normalized spacial score (nSPS) is 11.5. The highest BCUT2D eigenvalue weighted by atomic mass is 35.5. The Labute approximate surface area is 90.7 Å². The minimum absolute atomic E-state index is 0.113. The molecule has 0 fully saturated rings. The van der Waals surface area contributed by atoms with Crippen LogP contribution in [-0.2, 0) is 0 Å². The van der Waals surface area contributed by atoms with Crippen LogP contribution in [0.5, 0.6) is 0 Å². The molecule has 0 radical (unpaired) electrons. The molecule has 1 aromatic heterocycles. The number of rotatable bonds is 3. The molecule has 0 bridgehead atoms. The molecule has 0 N–H and O–H groups in total. The molecule has 0 aromatic carbocycles. The first-order valence-electron chi connectivity index (χ1n) is 4.28. The van der Waals surface area contributed by atoms with Gasteiger partial charge in [0.2, 0.25) is 0 Å². The molecule has 84 valence electrons. The van der Waals surface area contributed by atoms with Crippen molar-refractivity contribution in [3.63, 3.8) is 0 Å². The van der Waals surface area contributed by atoms with Gasteiger partial charge in [-0.1, -0.05) is 11.6 Å². The summed E-state index contributed by atoms with van der Waals surface area (Å²) in [4.78, 5) is 5.34. The van der Waals surface area contributed by atoms with Crippen LogP contribution in [0, 0.1) is 0 Å². The van der Waals surface area contributed by atoms with E-state index in [1.165, 1.54) is 11.1 Å². The van der Waals surface area contributed by atoms with E-state index in [0.717, 1.165) is 0 Å². The van der Waals surface area contributed by atoms with Crippen LogP contribution >= 0.6 is 11.6 Å². The van der Waals surface area contributed by atoms with Crippen LogP contribution in [-0.4, -0.2) is 24.8 Å². The highest BCUT2D eigenvalue weighted by Gasteiger charge is 2.27. The van der Waals surface area contributed by atoms with E-state index in [2.05, 4.69) is 4.98 Å². The SMILES string of the molecule is CN(CCC(F)(F)F)c1ccc(Cl)cn1. The van der Waals surface area contributed by atoms with Crippen LogP contribution in [0.25, 0.3) is 0 Å². The lowest BCUT2D eigenvalue weighted by Gasteiger charge is -2.18. The van der Waals surface area contributed by atoms with Gasteiger partial charge in [0.15, 0.2) is 0 Å². The van der Waals surface area contributed by atoms with Gasteiger partial charge in [-0.15, -0.1) is 0 Å². The fraction of sp³-hybridized carbons (Fsp3) is 0.444. The zero-order chi connectivity index (χ0) is 11.5. The van der Waals surface area contributed by atoms with Gasteiger partial charge in [-0.3, -0.25) is 0 Å². The predicted octanol–water partition coefficient (Wildman–Crippen LogP) is 3.12. The van der Waals surface area contributed by atoms with E-state index in [1.54, 1.807) is 19.2 Å². The number of nitrogens with zero attached hydrogens (tertiary/aromatic N) is 2. The third-order valence-electron chi connectivity index (χ3n) is 1.83. The number of anilines is 1. The van der Waals surface area contributed by atoms with E-state index in [0.29, 0.717) is 10.8 Å².